The number of hydrogen-bond acceptors (Lipinski definition) is 3. The Bertz CT molecular complexity index is 204. The Morgan fingerprint density at radius 3 is 0.933 bits per heavy atom. The first kappa shape index (κ1) is 21.2. The quantitative estimate of drug-likeness (QED) is 0.685. The molecule has 0 aliphatic heterocycles. The second kappa shape index (κ2) is 10.0. The fraction of sp³-hybridized carbons (Fsp3) is 1.00. The molecule has 15 heavy (non-hydrogen) atoms. The van der Waals surface area contributed by atoms with Gasteiger partial charge in [-0.1, -0.05) is 0 Å². The molecule has 3 nitrogen and oxygen atoms in total. The standard InChI is InChI=1S/C3H9O2P.C3H9OP.C3H9P/c1-5-6(2,3)4;1-5(2,3)4;1-4(2)3/h1-3H3;1-3H3;1-3H3. The summed E-state index contributed by atoms with van der Waals surface area (Å²) in [5.74, 6) is 0. The molecular formula is C9H27O3P3. The zero-order chi connectivity index (χ0) is 13.3. The molecule has 0 bridgehead atoms. The number of hydrogen-bond donors (Lipinski definition) is 0. The first-order valence-corrected chi connectivity index (χ1v) is 12.8. The molecule has 0 aromatic heterocycles. The maximum atomic E-state index is 10.4. The molecule has 0 N–H and O–H groups in total. The molecule has 0 heterocycles. The van der Waals surface area contributed by atoms with E-state index in [-0.39, 0.29) is 0 Å². The van der Waals surface area contributed by atoms with E-state index in [0.29, 0.717) is 7.92 Å². The van der Waals surface area contributed by atoms with Gasteiger partial charge in [-0.05, 0) is 40.0 Å². The molecule has 0 radical (unpaired) electrons. The van der Waals surface area contributed by atoms with Crippen molar-refractivity contribution in [1.29, 1.82) is 0 Å². The molecule has 6 heteroatoms. The molecule has 0 fully saturated rings. The Morgan fingerprint density at radius 2 is 0.933 bits per heavy atom. The first-order chi connectivity index (χ1) is 6.29. The van der Waals surface area contributed by atoms with Crippen molar-refractivity contribution < 1.29 is 13.7 Å². The van der Waals surface area contributed by atoms with Crippen LogP contribution in [0, 0.1) is 0 Å². The van der Waals surface area contributed by atoms with Crippen LogP contribution in [0.4, 0.5) is 0 Å². The van der Waals surface area contributed by atoms with Gasteiger partial charge in [-0.15, -0.1) is 7.92 Å². The fourth-order valence-electron chi connectivity index (χ4n) is 0. The fourth-order valence-corrected chi connectivity index (χ4v) is 0. The van der Waals surface area contributed by atoms with Gasteiger partial charge in [0.25, 0.3) is 0 Å². The predicted molar refractivity (Wildman–Crippen MR) is 76.5 cm³/mol. The third-order valence-corrected chi connectivity index (χ3v) is 1.32. The summed E-state index contributed by atoms with van der Waals surface area (Å²) in [6, 6.07) is 0. The van der Waals surface area contributed by atoms with Gasteiger partial charge in [-0.25, -0.2) is 0 Å². The lowest BCUT2D eigenvalue weighted by atomic mass is 11.8. The van der Waals surface area contributed by atoms with Crippen LogP contribution >= 0.6 is 22.4 Å². The average molecular weight is 276 g/mol. The van der Waals surface area contributed by atoms with E-state index < -0.39 is 14.5 Å². The monoisotopic (exact) mass is 276 g/mol. The summed E-state index contributed by atoms with van der Waals surface area (Å²) in [5.41, 5.74) is 0. The lowest BCUT2D eigenvalue weighted by Gasteiger charge is -1.98. The molecule has 96 valence electrons. The molecule has 0 spiro atoms. The number of rotatable bonds is 1. The van der Waals surface area contributed by atoms with Gasteiger partial charge in [0.2, 0.25) is 0 Å². The Morgan fingerprint density at radius 1 is 0.867 bits per heavy atom. The molecular weight excluding hydrogens is 249 g/mol. The van der Waals surface area contributed by atoms with Crippen LogP contribution in [0.1, 0.15) is 0 Å². The molecule has 0 aromatic rings. The predicted octanol–water partition coefficient (Wildman–Crippen LogP) is 3.77. The van der Waals surface area contributed by atoms with Crippen LogP contribution in [-0.2, 0) is 13.7 Å². The normalized spacial score (nSPS) is 11.1. The zero-order valence-electron chi connectivity index (χ0n) is 11.6. The van der Waals surface area contributed by atoms with Gasteiger partial charge in [0.1, 0.15) is 0 Å². The molecule has 0 atom stereocenters. The molecule has 0 saturated carbocycles. The van der Waals surface area contributed by atoms with Gasteiger partial charge in [-0.3, -0.25) is 4.57 Å². The van der Waals surface area contributed by atoms with Gasteiger partial charge in [0, 0.05) is 20.4 Å². The highest BCUT2D eigenvalue weighted by Crippen LogP contribution is 2.35. The average Bonchev–Trinajstić information content (AvgIpc) is 1.80. The van der Waals surface area contributed by atoms with Crippen molar-refractivity contribution in [2.45, 2.75) is 0 Å². The highest BCUT2D eigenvalue weighted by Gasteiger charge is 1.99. The van der Waals surface area contributed by atoms with Crippen molar-refractivity contribution in [3.8, 4) is 0 Å². The van der Waals surface area contributed by atoms with Gasteiger partial charge < -0.3 is 9.09 Å². The Hall–Kier alpha value is 0.850. The lowest BCUT2D eigenvalue weighted by molar-refractivity contribution is 0.404. The minimum Gasteiger partial charge on any atom is -0.332 e. The van der Waals surface area contributed by atoms with Crippen LogP contribution in [0.5, 0.6) is 0 Å². The third-order valence-electron chi connectivity index (χ3n) is 0.440. The van der Waals surface area contributed by atoms with Gasteiger partial charge in [0.15, 0.2) is 7.37 Å². The topological polar surface area (TPSA) is 43.4 Å². The smallest absolute Gasteiger partial charge is 0.196 e. The second-order valence-corrected chi connectivity index (χ2v) is 14.0. The van der Waals surface area contributed by atoms with Crippen molar-refractivity contribution in [2.24, 2.45) is 0 Å². The van der Waals surface area contributed by atoms with Crippen molar-refractivity contribution in [3.05, 3.63) is 0 Å². The van der Waals surface area contributed by atoms with Gasteiger partial charge >= 0.3 is 0 Å². The summed E-state index contributed by atoms with van der Waals surface area (Å²) in [6.45, 7) is 15.1. The summed E-state index contributed by atoms with van der Waals surface area (Å²) in [6.07, 6.45) is 0. The van der Waals surface area contributed by atoms with Crippen LogP contribution < -0.4 is 0 Å². The van der Waals surface area contributed by atoms with E-state index in [1.54, 1.807) is 33.3 Å². The van der Waals surface area contributed by atoms with Crippen LogP contribution in [-0.4, -0.2) is 60.4 Å². The van der Waals surface area contributed by atoms with E-state index in [4.69, 9.17) is 0 Å². The van der Waals surface area contributed by atoms with Gasteiger partial charge in [0.05, 0.1) is 7.14 Å². The summed E-state index contributed by atoms with van der Waals surface area (Å²) in [5, 5.41) is 0. The van der Waals surface area contributed by atoms with Crippen molar-refractivity contribution in [1.82, 2.24) is 0 Å². The lowest BCUT2D eigenvalue weighted by Crippen LogP contribution is -1.74. The largest absolute Gasteiger partial charge is 0.332 e. The summed E-state index contributed by atoms with van der Waals surface area (Å²) in [4.78, 5) is 0. The molecule has 0 saturated heterocycles. The Balaban J connectivity index is -0.000000147. The third kappa shape index (κ3) is 165. The zero-order valence-corrected chi connectivity index (χ0v) is 14.2. The summed E-state index contributed by atoms with van der Waals surface area (Å²) in [7, 11) is -1.96. The minimum atomic E-state index is -2.15. The maximum absolute atomic E-state index is 10.4. The Labute approximate surface area is 96.9 Å². The summed E-state index contributed by atoms with van der Waals surface area (Å²) < 4.78 is 25.1. The first-order valence-electron chi connectivity index (χ1n) is 4.53. The molecule has 0 aromatic carbocycles. The van der Waals surface area contributed by atoms with E-state index in [1.807, 2.05) is 0 Å². The van der Waals surface area contributed by atoms with E-state index in [2.05, 4.69) is 24.5 Å². The molecule has 0 amide bonds. The molecule has 0 rings (SSSR count). The van der Waals surface area contributed by atoms with E-state index in [9.17, 15) is 9.13 Å². The van der Waals surface area contributed by atoms with Crippen molar-refractivity contribution >= 4 is 22.4 Å². The van der Waals surface area contributed by atoms with Crippen molar-refractivity contribution in [3.63, 3.8) is 0 Å². The van der Waals surface area contributed by atoms with Gasteiger partial charge in [-0.2, -0.15) is 0 Å². The SMILES string of the molecule is COP(C)(C)=O.CP(C)(C)=O.CP(C)C. The molecule has 0 aliphatic rings. The highest BCUT2D eigenvalue weighted by atomic mass is 31.2. The minimum absolute atomic E-state index is 0.380. The van der Waals surface area contributed by atoms with Crippen LogP contribution in [0.2, 0.25) is 0 Å². The van der Waals surface area contributed by atoms with E-state index in [0.717, 1.165) is 0 Å². The maximum Gasteiger partial charge on any atom is 0.196 e. The van der Waals surface area contributed by atoms with E-state index >= 15 is 0 Å². The molecule has 0 aliphatic carbocycles. The second-order valence-electron chi connectivity index (χ2n) is 4.67. The van der Waals surface area contributed by atoms with Crippen LogP contribution in [0.25, 0.3) is 0 Å². The summed E-state index contributed by atoms with van der Waals surface area (Å²) >= 11 is 0. The van der Waals surface area contributed by atoms with Crippen LogP contribution in [0.3, 0.4) is 0 Å². The van der Waals surface area contributed by atoms with Crippen molar-refractivity contribution in [2.75, 3.05) is 60.4 Å². The van der Waals surface area contributed by atoms with E-state index in [1.165, 1.54) is 7.11 Å². The highest BCUT2D eigenvalue weighted by molar-refractivity contribution is 7.61. The molecule has 0 unspecified atom stereocenters. The van der Waals surface area contributed by atoms with Crippen LogP contribution in [0.15, 0.2) is 0 Å². The Kier molecular flexibility index (Phi) is 14.2.